The topological polar surface area (TPSA) is 70.6 Å². The first-order valence-electron chi connectivity index (χ1n) is 7.28. The van der Waals surface area contributed by atoms with E-state index in [9.17, 15) is 8.42 Å². The number of sulfone groups is 1. The second kappa shape index (κ2) is 8.67. The van der Waals surface area contributed by atoms with Crippen LogP contribution in [0.3, 0.4) is 0 Å². The molecule has 0 bridgehead atoms. The molecule has 1 atom stereocenters. The molecule has 0 amide bonds. The van der Waals surface area contributed by atoms with Crippen molar-refractivity contribution in [2.24, 2.45) is 4.99 Å². The second-order valence-corrected chi connectivity index (χ2v) is 6.88. The molecule has 0 aliphatic rings. The quantitative estimate of drug-likeness (QED) is 0.595. The van der Waals surface area contributed by atoms with Crippen LogP contribution in [-0.2, 0) is 9.84 Å². The van der Waals surface area contributed by atoms with E-state index in [-0.39, 0.29) is 11.8 Å². The predicted octanol–water partition coefficient (Wildman–Crippen LogP) is 1.81. The predicted molar refractivity (Wildman–Crippen MR) is 87.4 cm³/mol. The largest absolute Gasteiger partial charge is 0.356 e. The van der Waals surface area contributed by atoms with Crippen LogP contribution in [-0.4, -0.2) is 39.8 Å². The van der Waals surface area contributed by atoms with Crippen molar-refractivity contribution >= 4 is 15.8 Å². The summed E-state index contributed by atoms with van der Waals surface area (Å²) >= 11 is 0. The maximum Gasteiger partial charge on any atom is 0.191 e. The number of guanidine groups is 1. The smallest absolute Gasteiger partial charge is 0.191 e. The molecule has 0 saturated carbocycles. The first-order valence-corrected chi connectivity index (χ1v) is 8.93. The number of nitrogens with zero attached hydrogens (tertiary/aromatic N) is 1. The molecule has 118 valence electrons. The first-order chi connectivity index (χ1) is 10.0. The van der Waals surface area contributed by atoms with E-state index in [2.05, 4.69) is 22.5 Å². The molecule has 0 aliphatic carbocycles. The van der Waals surface area contributed by atoms with Crippen LogP contribution in [0.25, 0.3) is 0 Å². The Morgan fingerprint density at radius 3 is 2.43 bits per heavy atom. The monoisotopic (exact) mass is 311 g/mol. The Kier molecular flexibility index (Phi) is 7.22. The summed E-state index contributed by atoms with van der Waals surface area (Å²) in [5, 5.41) is 6.33. The number of nitrogens with one attached hydrogen (secondary N) is 2. The Bertz CT molecular complexity index is 541. The first kappa shape index (κ1) is 17.5. The number of benzene rings is 1. The van der Waals surface area contributed by atoms with Crippen LogP contribution in [0.5, 0.6) is 0 Å². The molecular weight excluding hydrogens is 286 g/mol. The maximum atomic E-state index is 12.4. The third-order valence-electron chi connectivity index (χ3n) is 3.12. The van der Waals surface area contributed by atoms with Gasteiger partial charge in [0, 0.05) is 19.6 Å². The Morgan fingerprint density at radius 1 is 1.24 bits per heavy atom. The summed E-state index contributed by atoms with van der Waals surface area (Å²) in [6.07, 6.45) is 1.69. The van der Waals surface area contributed by atoms with Gasteiger partial charge in [0.05, 0.1) is 10.6 Å². The van der Waals surface area contributed by atoms with E-state index >= 15 is 0 Å². The Balaban J connectivity index is 2.73. The van der Waals surface area contributed by atoms with Gasteiger partial charge in [0.25, 0.3) is 0 Å². The molecule has 0 fully saturated rings. The standard InChI is InChI=1S/C15H25N3O2S/c1-4-11-17-15(16-3)18-13(5-2)12-21(19,20)14-9-7-6-8-10-14/h6-10,13H,4-5,11-12H2,1-3H3,(H2,16,17,18). The van der Waals surface area contributed by atoms with Crippen LogP contribution < -0.4 is 10.6 Å². The Hall–Kier alpha value is -1.56. The molecule has 1 unspecified atom stereocenters. The van der Waals surface area contributed by atoms with Gasteiger partial charge >= 0.3 is 0 Å². The Labute approximate surface area is 127 Å². The van der Waals surface area contributed by atoms with Gasteiger partial charge in [0.2, 0.25) is 0 Å². The van der Waals surface area contributed by atoms with E-state index in [0.717, 1.165) is 13.0 Å². The fourth-order valence-electron chi connectivity index (χ4n) is 1.88. The second-order valence-electron chi connectivity index (χ2n) is 4.84. The molecule has 0 saturated heterocycles. The van der Waals surface area contributed by atoms with E-state index in [1.807, 2.05) is 13.0 Å². The SMILES string of the molecule is CCCNC(=NC)NC(CC)CS(=O)(=O)c1ccccc1. The molecule has 0 radical (unpaired) electrons. The number of rotatable bonds is 7. The number of hydrogen-bond donors (Lipinski definition) is 2. The highest BCUT2D eigenvalue weighted by Gasteiger charge is 2.20. The van der Waals surface area contributed by atoms with Crippen LogP contribution in [0.1, 0.15) is 26.7 Å². The molecule has 21 heavy (non-hydrogen) atoms. The number of hydrogen-bond acceptors (Lipinski definition) is 3. The normalized spacial score (nSPS) is 13.8. The van der Waals surface area contributed by atoms with E-state index < -0.39 is 9.84 Å². The van der Waals surface area contributed by atoms with Crippen molar-refractivity contribution in [3.8, 4) is 0 Å². The highest BCUT2D eigenvalue weighted by atomic mass is 32.2. The molecule has 6 heteroatoms. The van der Waals surface area contributed by atoms with Gasteiger partial charge in [-0.3, -0.25) is 4.99 Å². The lowest BCUT2D eigenvalue weighted by Crippen LogP contribution is -2.46. The molecule has 0 heterocycles. The maximum absolute atomic E-state index is 12.4. The van der Waals surface area contributed by atoms with Crippen molar-refractivity contribution in [2.75, 3.05) is 19.3 Å². The molecule has 1 aromatic carbocycles. The van der Waals surface area contributed by atoms with Gasteiger partial charge in [0.15, 0.2) is 15.8 Å². The molecule has 1 rings (SSSR count). The van der Waals surface area contributed by atoms with Gasteiger partial charge in [-0.15, -0.1) is 0 Å². The summed E-state index contributed by atoms with van der Waals surface area (Å²) in [6.45, 7) is 4.84. The van der Waals surface area contributed by atoms with Crippen LogP contribution in [0, 0.1) is 0 Å². The molecule has 0 aliphatic heterocycles. The lowest BCUT2D eigenvalue weighted by molar-refractivity contribution is 0.568. The van der Waals surface area contributed by atoms with Gasteiger partial charge in [-0.2, -0.15) is 0 Å². The van der Waals surface area contributed by atoms with E-state index in [0.29, 0.717) is 17.3 Å². The summed E-state index contributed by atoms with van der Waals surface area (Å²) in [5.74, 6) is 0.701. The minimum absolute atomic E-state index is 0.0559. The Morgan fingerprint density at radius 2 is 1.90 bits per heavy atom. The van der Waals surface area contributed by atoms with Crippen molar-refractivity contribution in [3.05, 3.63) is 30.3 Å². The van der Waals surface area contributed by atoms with E-state index in [1.165, 1.54) is 0 Å². The lowest BCUT2D eigenvalue weighted by Gasteiger charge is -2.20. The van der Waals surface area contributed by atoms with Crippen molar-refractivity contribution in [3.63, 3.8) is 0 Å². The molecular formula is C15H25N3O2S. The third-order valence-corrected chi connectivity index (χ3v) is 4.95. The average molecular weight is 311 g/mol. The molecule has 0 aromatic heterocycles. The van der Waals surface area contributed by atoms with Crippen molar-refractivity contribution in [1.82, 2.24) is 10.6 Å². The summed E-state index contributed by atoms with van der Waals surface area (Å²) in [4.78, 5) is 4.48. The minimum atomic E-state index is -3.29. The zero-order chi connectivity index (χ0) is 15.7. The molecule has 1 aromatic rings. The summed E-state index contributed by atoms with van der Waals surface area (Å²) in [5.41, 5.74) is 0. The minimum Gasteiger partial charge on any atom is -0.356 e. The fraction of sp³-hybridized carbons (Fsp3) is 0.533. The van der Waals surface area contributed by atoms with Crippen LogP contribution in [0.15, 0.2) is 40.2 Å². The van der Waals surface area contributed by atoms with Gasteiger partial charge in [-0.1, -0.05) is 32.0 Å². The van der Waals surface area contributed by atoms with Crippen molar-refractivity contribution < 1.29 is 8.42 Å². The van der Waals surface area contributed by atoms with Crippen molar-refractivity contribution in [1.29, 1.82) is 0 Å². The highest BCUT2D eigenvalue weighted by Crippen LogP contribution is 2.12. The van der Waals surface area contributed by atoms with Gasteiger partial charge < -0.3 is 10.6 Å². The van der Waals surface area contributed by atoms with E-state index in [1.54, 1.807) is 31.3 Å². The van der Waals surface area contributed by atoms with Crippen LogP contribution in [0.2, 0.25) is 0 Å². The summed E-state index contributed by atoms with van der Waals surface area (Å²) in [6, 6.07) is 8.38. The zero-order valence-electron chi connectivity index (χ0n) is 13.0. The van der Waals surface area contributed by atoms with Gasteiger partial charge in [-0.25, -0.2) is 8.42 Å². The molecule has 2 N–H and O–H groups in total. The summed E-state index contributed by atoms with van der Waals surface area (Å²) in [7, 11) is -1.61. The zero-order valence-corrected chi connectivity index (χ0v) is 13.8. The van der Waals surface area contributed by atoms with Gasteiger partial charge in [0.1, 0.15) is 0 Å². The number of aliphatic imine (C=N–C) groups is 1. The third kappa shape index (κ3) is 5.75. The highest BCUT2D eigenvalue weighted by molar-refractivity contribution is 7.91. The molecule has 0 spiro atoms. The van der Waals surface area contributed by atoms with Crippen LogP contribution in [0.4, 0.5) is 0 Å². The fourth-order valence-corrected chi connectivity index (χ4v) is 3.49. The molecule has 5 nitrogen and oxygen atoms in total. The van der Waals surface area contributed by atoms with E-state index in [4.69, 9.17) is 0 Å². The summed E-state index contributed by atoms with van der Waals surface area (Å²) < 4.78 is 24.8. The van der Waals surface area contributed by atoms with Gasteiger partial charge in [-0.05, 0) is 25.0 Å². The van der Waals surface area contributed by atoms with Crippen molar-refractivity contribution in [2.45, 2.75) is 37.6 Å². The average Bonchev–Trinajstić information content (AvgIpc) is 2.51. The lowest BCUT2D eigenvalue weighted by atomic mass is 10.3. The van der Waals surface area contributed by atoms with Crippen LogP contribution >= 0.6 is 0 Å².